The number of pyridine rings is 3. The summed E-state index contributed by atoms with van der Waals surface area (Å²) in [5.74, 6) is 1.49. The van der Waals surface area contributed by atoms with Crippen molar-refractivity contribution in [3.63, 3.8) is 0 Å². The number of nitrogens with zero attached hydrogens (tertiary/aromatic N) is 7. The summed E-state index contributed by atoms with van der Waals surface area (Å²) in [6.07, 6.45) is 7.17. The van der Waals surface area contributed by atoms with Gasteiger partial charge in [-0.3, -0.25) is 14.5 Å². The zero-order valence-corrected chi connectivity index (χ0v) is 28.4. The normalized spacial score (nSPS) is 11.4. The largest absolute Gasteiger partial charge is 0.292 e. The molecule has 0 saturated carbocycles. The molecule has 10 rings (SSSR count). The number of hydrogen-bond acceptors (Lipinski definition) is 6. The molecule has 7 nitrogen and oxygen atoms in total. The van der Waals surface area contributed by atoms with Gasteiger partial charge in [0, 0.05) is 69.1 Å². The fourth-order valence-corrected chi connectivity index (χ4v) is 7.09. The van der Waals surface area contributed by atoms with Crippen LogP contribution in [0.5, 0.6) is 0 Å². The molecule has 0 amide bonds. The first-order valence-corrected chi connectivity index (χ1v) is 17.4. The lowest BCUT2D eigenvalue weighted by Gasteiger charge is -2.13. The topological polar surface area (TPSA) is 82.3 Å². The lowest BCUT2D eigenvalue weighted by atomic mass is 9.98. The second-order valence-corrected chi connectivity index (χ2v) is 12.8. The Bertz CT molecular complexity index is 2850. The first-order chi connectivity index (χ1) is 26.3. The van der Waals surface area contributed by atoms with Crippen molar-refractivity contribution in [2.75, 3.05) is 0 Å². The van der Waals surface area contributed by atoms with Crippen molar-refractivity contribution in [2.24, 2.45) is 0 Å². The van der Waals surface area contributed by atoms with E-state index < -0.39 is 0 Å². The van der Waals surface area contributed by atoms with Crippen molar-refractivity contribution in [2.45, 2.75) is 0 Å². The third-order valence-corrected chi connectivity index (χ3v) is 9.59. The first kappa shape index (κ1) is 30.4. The Balaban J connectivity index is 1.18. The van der Waals surface area contributed by atoms with Gasteiger partial charge in [0.1, 0.15) is 5.82 Å². The quantitative estimate of drug-likeness (QED) is 0.163. The van der Waals surface area contributed by atoms with Crippen LogP contribution in [-0.4, -0.2) is 34.5 Å². The van der Waals surface area contributed by atoms with Crippen LogP contribution in [0.25, 0.3) is 94.9 Å². The van der Waals surface area contributed by atoms with E-state index in [0.29, 0.717) is 5.82 Å². The van der Waals surface area contributed by atoms with Crippen LogP contribution in [0.4, 0.5) is 0 Å². The van der Waals surface area contributed by atoms with Gasteiger partial charge in [0.2, 0.25) is 0 Å². The molecule has 5 aromatic heterocycles. The molecular weight excluding hydrogens is 651 g/mol. The summed E-state index contributed by atoms with van der Waals surface area (Å²) in [6, 6.07) is 51.7. The minimum Gasteiger partial charge on any atom is -0.292 e. The summed E-state index contributed by atoms with van der Waals surface area (Å²) in [5.41, 5.74) is 11.1. The third kappa shape index (κ3) is 5.39. The maximum atomic E-state index is 5.42. The van der Waals surface area contributed by atoms with Gasteiger partial charge in [0.25, 0.3) is 0 Å². The van der Waals surface area contributed by atoms with Crippen LogP contribution < -0.4 is 0 Å². The van der Waals surface area contributed by atoms with Crippen molar-refractivity contribution in [3.8, 4) is 62.2 Å². The first-order valence-electron chi connectivity index (χ1n) is 17.4. The average Bonchev–Trinajstić information content (AvgIpc) is 3.65. The molecule has 248 valence electrons. The number of fused-ring (bicyclic) bond motifs is 5. The number of hydrogen-bond donors (Lipinski definition) is 0. The highest BCUT2D eigenvalue weighted by molar-refractivity contribution is 6.20. The van der Waals surface area contributed by atoms with Crippen LogP contribution in [0.15, 0.2) is 176 Å². The molecule has 0 radical (unpaired) electrons. The Morgan fingerprint density at radius 1 is 0.434 bits per heavy atom. The molecule has 0 unspecified atom stereocenters. The molecule has 5 heterocycles. The zero-order chi connectivity index (χ0) is 35.1. The molecule has 7 heteroatoms. The molecule has 0 atom stereocenters. The van der Waals surface area contributed by atoms with Crippen molar-refractivity contribution >= 4 is 32.7 Å². The summed E-state index contributed by atoms with van der Waals surface area (Å²) in [4.78, 5) is 29.4. The van der Waals surface area contributed by atoms with Crippen molar-refractivity contribution < 1.29 is 0 Å². The summed E-state index contributed by atoms with van der Waals surface area (Å²) in [6.45, 7) is 0. The second-order valence-electron chi connectivity index (χ2n) is 12.8. The predicted molar refractivity (Wildman–Crippen MR) is 212 cm³/mol. The van der Waals surface area contributed by atoms with Crippen LogP contribution in [0.2, 0.25) is 0 Å². The van der Waals surface area contributed by atoms with Gasteiger partial charge in [-0.15, -0.1) is 0 Å². The molecule has 0 aliphatic heterocycles. The molecule has 0 fully saturated rings. The third-order valence-electron chi connectivity index (χ3n) is 9.59. The van der Waals surface area contributed by atoms with Gasteiger partial charge in [-0.25, -0.2) is 19.9 Å². The van der Waals surface area contributed by atoms with Gasteiger partial charge in [-0.2, -0.15) is 0 Å². The molecule has 0 aliphatic carbocycles. The molecule has 53 heavy (non-hydrogen) atoms. The minimum absolute atomic E-state index is 0.615. The van der Waals surface area contributed by atoms with Crippen LogP contribution in [0, 0.1) is 0 Å². The molecule has 0 spiro atoms. The maximum absolute atomic E-state index is 5.42. The SMILES string of the molecule is c1ccc(-c2nc3c4c(-c5ccc(-c6nc(-c7cccnc7)cc(-c7cccnc7)n6)cc5)nc5ccccc5c4ccc3n2-c2ccccc2)cc1. The standard InChI is InChI=1S/C46H29N7/c1-3-11-32(12-4-1)46-52-44-41(53(46)35-15-5-2-6-16-35)24-23-37-36-17-7-8-18-38(36)49-43(42(37)44)30-19-21-31(22-20-30)45-50-39(33-13-9-25-47-28-33)27-40(51-45)34-14-10-26-48-29-34/h1-29H. The summed E-state index contributed by atoms with van der Waals surface area (Å²) >= 11 is 0. The van der Waals surface area contributed by atoms with Crippen LogP contribution in [-0.2, 0) is 0 Å². The van der Waals surface area contributed by atoms with Gasteiger partial charge in [-0.05, 0) is 60.0 Å². The molecule has 0 saturated heterocycles. The van der Waals surface area contributed by atoms with Crippen LogP contribution in [0.1, 0.15) is 0 Å². The van der Waals surface area contributed by atoms with E-state index in [9.17, 15) is 0 Å². The Labute approximate surface area is 305 Å². The van der Waals surface area contributed by atoms with E-state index in [2.05, 4.69) is 118 Å². The van der Waals surface area contributed by atoms with Gasteiger partial charge < -0.3 is 0 Å². The fourth-order valence-electron chi connectivity index (χ4n) is 7.09. The van der Waals surface area contributed by atoms with E-state index in [1.807, 2.05) is 60.9 Å². The van der Waals surface area contributed by atoms with Gasteiger partial charge in [0.15, 0.2) is 5.82 Å². The molecule has 5 aromatic carbocycles. The molecular formula is C46H29N7. The lowest BCUT2D eigenvalue weighted by molar-refractivity contribution is 1.10. The number of para-hydroxylation sites is 2. The van der Waals surface area contributed by atoms with Gasteiger partial charge in [0.05, 0.1) is 33.6 Å². The fraction of sp³-hybridized carbons (Fsp3) is 0. The van der Waals surface area contributed by atoms with E-state index in [1.165, 1.54) is 0 Å². The lowest BCUT2D eigenvalue weighted by Crippen LogP contribution is -1.97. The highest BCUT2D eigenvalue weighted by Crippen LogP contribution is 2.40. The predicted octanol–water partition coefficient (Wildman–Crippen LogP) is 10.6. The minimum atomic E-state index is 0.615. The highest BCUT2D eigenvalue weighted by atomic mass is 15.1. The number of rotatable bonds is 6. The Morgan fingerprint density at radius 2 is 1.06 bits per heavy atom. The maximum Gasteiger partial charge on any atom is 0.160 e. The number of imidazole rings is 1. The Morgan fingerprint density at radius 3 is 1.74 bits per heavy atom. The van der Waals surface area contributed by atoms with Crippen molar-refractivity contribution in [3.05, 3.63) is 176 Å². The van der Waals surface area contributed by atoms with E-state index in [0.717, 1.165) is 89.1 Å². The van der Waals surface area contributed by atoms with Crippen molar-refractivity contribution in [1.29, 1.82) is 0 Å². The van der Waals surface area contributed by atoms with Gasteiger partial charge in [-0.1, -0.05) is 97.1 Å². The Hall–Kier alpha value is -7.38. The second kappa shape index (κ2) is 12.7. The summed E-state index contributed by atoms with van der Waals surface area (Å²) in [7, 11) is 0. The highest BCUT2D eigenvalue weighted by Gasteiger charge is 2.21. The average molecular weight is 680 g/mol. The monoisotopic (exact) mass is 679 g/mol. The zero-order valence-electron chi connectivity index (χ0n) is 28.4. The van der Waals surface area contributed by atoms with Crippen LogP contribution in [0.3, 0.4) is 0 Å². The Kier molecular flexibility index (Phi) is 7.32. The smallest absolute Gasteiger partial charge is 0.160 e. The number of benzene rings is 5. The van der Waals surface area contributed by atoms with Crippen molar-refractivity contribution in [1.82, 2.24) is 34.5 Å². The molecule has 10 aromatic rings. The van der Waals surface area contributed by atoms with E-state index in [4.69, 9.17) is 19.9 Å². The molecule has 0 N–H and O–H groups in total. The van der Waals surface area contributed by atoms with E-state index >= 15 is 0 Å². The number of aromatic nitrogens is 7. The summed E-state index contributed by atoms with van der Waals surface area (Å²) < 4.78 is 2.25. The molecule has 0 bridgehead atoms. The van der Waals surface area contributed by atoms with Gasteiger partial charge >= 0.3 is 0 Å². The van der Waals surface area contributed by atoms with E-state index in [-0.39, 0.29) is 0 Å². The van der Waals surface area contributed by atoms with E-state index in [1.54, 1.807) is 12.4 Å². The van der Waals surface area contributed by atoms with Crippen LogP contribution >= 0.6 is 0 Å². The summed E-state index contributed by atoms with van der Waals surface area (Å²) in [5, 5.41) is 3.20. The molecule has 0 aliphatic rings.